The Hall–Kier alpha value is -1.83. The number of hydrogen-bond acceptors (Lipinski definition) is 1. The van der Waals surface area contributed by atoms with Crippen LogP contribution in [0.4, 0.5) is 0 Å². The summed E-state index contributed by atoms with van der Waals surface area (Å²) in [6.07, 6.45) is 11.8. The predicted octanol–water partition coefficient (Wildman–Crippen LogP) is 4.01. The van der Waals surface area contributed by atoms with Crippen molar-refractivity contribution in [3.05, 3.63) is 53.1 Å². The minimum Gasteiger partial charge on any atom is -0.352 e. The summed E-state index contributed by atoms with van der Waals surface area (Å²) in [6, 6.07) is 8.14. The lowest BCUT2D eigenvalue weighted by atomic mass is 9.97. The van der Waals surface area contributed by atoms with Crippen LogP contribution in [0.5, 0.6) is 0 Å². The molecule has 20 heavy (non-hydrogen) atoms. The fourth-order valence-electron chi connectivity index (χ4n) is 2.39. The summed E-state index contributed by atoms with van der Waals surface area (Å²) >= 11 is 0. The third-order valence-electron chi connectivity index (χ3n) is 3.63. The molecule has 1 aromatic carbocycles. The Kier molecular flexibility index (Phi) is 5.60. The minimum atomic E-state index is -0.0121. The highest BCUT2D eigenvalue weighted by Crippen LogP contribution is 2.19. The molecule has 0 saturated heterocycles. The number of allylic oxidation sites excluding steroid dienone is 1. The van der Waals surface area contributed by atoms with Gasteiger partial charge in [-0.25, -0.2) is 0 Å². The lowest BCUT2D eigenvalue weighted by Crippen LogP contribution is -2.22. The second-order valence-electron chi connectivity index (χ2n) is 5.39. The fraction of sp³-hybridized carbons (Fsp3) is 0.389. The highest BCUT2D eigenvalue weighted by molar-refractivity contribution is 5.91. The summed E-state index contributed by atoms with van der Waals surface area (Å²) in [5.74, 6) is -0.0121. The molecule has 1 aromatic rings. The molecule has 1 aliphatic rings. The zero-order valence-electron chi connectivity index (χ0n) is 12.2. The topological polar surface area (TPSA) is 29.1 Å². The Morgan fingerprint density at radius 3 is 2.75 bits per heavy atom. The molecule has 2 heteroatoms. The molecule has 1 N–H and O–H groups in total. The molecule has 2 rings (SSSR count). The molecule has 0 spiro atoms. The average molecular weight is 269 g/mol. The lowest BCUT2D eigenvalue weighted by molar-refractivity contribution is -0.116. The van der Waals surface area contributed by atoms with Gasteiger partial charge in [-0.2, -0.15) is 0 Å². The molecule has 0 aromatic heterocycles. The number of aryl methyl sites for hydroxylation is 1. The normalized spacial score (nSPS) is 15.2. The van der Waals surface area contributed by atoms with Gasteiger partial charge in [0.1, 0.15) is 0 Å². The molecule has 0 unspecified atom stereocenters. The van der Waals surface area contributed by atoms with E-state index in [2.05, 4.69) is 18.3 Å². The predicted molar refractivity (Wildman–Crippen MR) is 84.4 cm³/mol. The van der Waals surface area contributed by atoms with E-state index in [4.69, 9.17) is 0 Å². The maximum Gasteiger partial charge on any atom is 0.244 e. The molecule has 1 amide bonds. The van der Waals surface area contributed by atoms with E-state index in [1.165, 1.54) is 36.8 Å². The summed E-state index contributed by atoms with van der Waals surface area (Å²) in [6.45, 7) is 2.79. The van der Waals surface area contributed by atoms with Gasteiger partial charge in [0.05, 0.1) is 0 Å². The van der Waals surface area contributed by atoms with Gasteiger partial charge in [0, 0.05) is 12.6 Å². The molecule has 0 atom stereocenters. The zero-order chi connectivity index (χ0) is 14.2. The first-order chi connectivity index (χ1) is 9.74. The van der Waals surface area contributed by atoms with Gasteiger partial charge in [0.25, 0.3) is 0 Å². The second-order valence-corrected chi connectivity index (χ2v) is 5.39. The van der Waals surface area contributed by atoms with Crippen molar-refractivity contribution in [2.45, 2.75) is 39.0 Å². The average Bonchev–Trinajstić information content (AvgIpc) is 2.48. The van der Waals surface area contributed by atoms with Gasteiger partial charge >= 0.3 is 0 Å². The van der Waals surface area contributed by atoms with Crippen LogP contribution in [-0.4, -0.2) is 12.5 Å². The number of nitrogens with one attached hydrogen (secondary N) is 1. The van der Waals surface area contributed by atoms with Gasteiger partial charge in [0.15, 0.2) is 0 Å². The number of rotatable bonds is 5. The number of benzene rings is 1. The van der Waals surface area contributed by atoms with Gasteiger partial charge in [-0.1, -0.05) is 41.5 Å². The maximum atomic E-state index is 11.7. The van der Waals surface area contributed by atoms with E-state index < -0.39 is 0 Å². The lowest BCUT2D eigenvalue weighted by Gasteiger charge is -2.12. The molecule has 0 radical (unpaired) electrons. The van der Waals surface area contributed by atoms with Crippen LogP contribution in [0, 0.1) is 6.92 Å². The largest absolute Gasteiger partial charge is 0.352 e. The number of amides is 1. The van der Waals surface area contributed by atoms with Crippen LogP contribution < -0.4 is 5.32 Å². The van der Waals surface area contributed by atoms with E-state index in [-0.39, 0.29) is 5.91 Å². The molecule has 0 bridgehead atoms. The van der Waals surface area contributed by atoms with Gasteiger partial charge in [-0.3, -0.25) is 4.79 Å². The zero-order valence-corrected chi connectivity index (χ0v) is 12.2. The molecule has 0 heterocycles. The van der Waals surface area contributed by atoms with Crippen molar-refractivity contribution >= 4 is 12.0 Å². The Balaban J connectivity index is 1.72. The van der Waals surface area contributed by atoms with E-state index in [1.54, 1.807) is 6.08 Å². The molecule has 1 aliphatic carbocycles. The molecule has 0 aliphatic heterocycles. The van der Waals surface area contributed by atoms with Gasteiger partial charge in [-0.05, 0) is 50.7 Å². The molecule has 0 fully saturated rings. The molecular weight excluding hydrogens is 246 g/mol. The van der Waals surface area contributed by atoms with E-state index in [9.17, 15) is 4.79 Å². The number of hydrogen-bond donors (Lipinski definition) is 1. The van der Waals surface area contributed by atoms with Crippen LogP contribution in [0.15, 0.2) is 42.0 Å². The van der Waals surface area contributed by atoms with Crippen LogP contribution in [0.2, 0.25) is 0 Å². The van der Waals surface area contributed by atoms with Gasteiger partial charge < -0.3 is 5.32 Å². The molecular formula is C18H23NO. The van der Waals surface area contributed by atoms with Gasteiger partial charge in [-0.15, -0.1) is 0 Å². The summed E-state index contributed by atoms with van der Waals surface area (Å²) in [5.41, 5.74) is 3.78. The minimum absolute atomic E-state index is 0.0121. The van der Waals surface area contributed by atoms with E-state index in [1.807, 2.05) is 30.3 Å². The van der Waals surface area contributed by atoms with Crippen molar-refractivity contribution in [1.82, 2.24) is 5.32 Å². The van der Waals surface area contributed by atoms with Crippen molar-refractivity contribution < 1.29 is 4.79 Å². The van der Waals surface area contributed by atoms with E-state index >= 15 is 0 Å². The van der Waals surface area contributed by atoms with Gasteiger partial charge in [0.2, 0.25) is 5.91 Å². The van der Waals surface area contributed by atoms with Crippen molar-refractivity contribution in [3.8, 4) is 0 Å². The summed E-state index contributed by atoms with van der Waals surface area (Å²) < 4.78 is 0. The van der Waals surface area contributed by atoms with Crippen LogP contribution >= 0.6 is 0 Å². The molecule has 106 valence electrons. The maximum absolute atomic E-state index is 11.7. The van der Waals surface area contributed by atoms with Crippen molar-refractivity contribution in [2.24, 2.45) is 0 Å². The van der Waals surface area contributed by atoms with Crippen LogP contribution in [0.3, 0.4) is 0 Å². The monoisotopic (exact) mass is 269 g/mol. The second kappa shape index (κ2) is 7.68. The van der Waals surface area contributed by atoms with Crippen LogP contribution in [0.1, 0.15) is 43.2 Å². The Morgan fingerprint density at radius 1 is 1.25 bits per heavy atom. The van der Waals surface area contributed by atoms with E-state index in [0.29, 0.717) is 0 Å². The number of carbonyl (C=O) groups excluding carboxylic acids is 1. The first-order valence-electron chi connectivity index (χ1n) is 7.44. The van der Waals surface area contributed by atoms with Crippen molar-refractivity contribution in [1.29, 1.82) is 0 Å². The smallest absolute Gasteiger partial charge is 0.244 e. The standard InChI is InChI=1S/C18H23NO/c1-15-7-9-17(10-8-15)11-12-18(20)19-14-13-16-5-3-2-4-6-16/h5,7-12H,2-4,6,13-14H2,1H3,(H,19,20). The third-order valence-corrected chi connectivity index (χ3v) is 3.63. The quantitative estimate of drug-likeness (QED) is 0.635. The first-order valence-corrected chi connectivity index (χ1v) is 7.44. The highest BCUT2D eigenvalue weighted by Gasteiger charge is 2.03. The Labute approximate surface area is 121 Å². The number of carbonyl (C=O) groups is 1. The van der Waals surface area contributed by atoms with E-state index in [0.717, 1.165) is 18.5 Å². The first kappa shape index (κ1) is 14.6. The summed E-state index contributed by atoms with van der Waals surface area (Å²) in [7, 11) is 0. The Morgan fingerprint density at radius 2 is 2.05 bits per heavy atom. The van der Waals surface area contributed by atoms with Crippen LogP contribution in [-0.2, 0) is 4.79 Å². The van der Waals surface area contributed by atoms with Crippen LogP contribution in [0.25, 0.3) is 6.08 Å². The third kappa shape index (κ3) is 5.04. The SMILES string of the molecule is Cc1ccc(C=CC(=O)NCCC2=CCCCC2)cc1. The fourth-order valence-corrected chi connectivity index (χ4v) is 2.39. The van der Waals surface area contributed by atoms with Crippen molar-refractivity contribution in [3.63, 3.8) is 0 Å². The summed E-state index contributed by atoms with van der Waals surface area (Å²) in [4.78, 5) is 11.7. The molecule has 2 nitrogen and oxygen atoms in total. The van der Waals surface area contributed by atoms with Crippen molar-refractivity contribution in [2.75, 3.05) is 6.54 Å². The Bertz CT molecular complexity index is 497. The highest BCUT2D eigenvalue weighted by atomic mass is 16.1. The summed E-state index contributed by atoms with van der Waals surface area (Å²) in [5, 5.41) is 2.95. The molecule has 0 saturated carbocycles.